The largest absolute Gasteiger partial charge is 0.744 e. The van der Waals surface area contributed by atoms with Gasteiger partial charge in [-0.3, -0.25) is 0 Å². The summed E-state index contributed by atoms with van der Waals surface area (Å²) in [5, 5.41) is 1.15. The first-order chi connectivity index (χ1) is 13.7. The summed E-state index contributed by atoms with van der Waals surface area (Å²) < 4.78 is 32.4. The Balaban J connectivity index is 0.000000604. The van der Waals surface area contributed by atoms with Crippen molar-refractivity contribution in [3.8, 4) is 0 Å². The highest BCUT2D eigenvalue weighted by atomic mass is 79.9. The van der Waals surface area contributed by atoms with Crippen molar-refractivity contribution < 1.29 is 17.5 Å². The molecule has 0 aliphatic heterocycles. The highest BCUT2D eigenvalue weighted by Crippen LogP contribution is 2.13. The molecule has 0 heterocycles. The van der Waals surface area contributed by atoms with Crippen molar-refractivity contribution in [1.29, 1.82) is 0 Å². The molecule has 0 saturated carbocycles. The number of alkyl halides is 1. The lowest BCUT2D eigenvalue weighted by Gasteiger charge is -2.34. The molecule has 0 bridgehead atoms. The fraction of sp³-hybridized carbons (Fsp3) is 0.739. The number of rotatable bonds is 14. The van der Waals surface area contributed by atoms with Gasteiger partial charge in [0.05, 0.1) is 36.9 Å². The molecule has 6 heteroatoms. The van der Waals surface area contributed by atoms with Crippen LogP contribution < -0.4 is 0 Å². The Bertz CT molecular complexity index is 620. The van der Waals surface area contributed by atoms with Gasteiger partial charge in [0.15, 0.2) is 0 Å². The molecule has 0 radical (unpaired) electrons. The number of hydrogen-bond donors (Lipinski definition) is 0. The quantitative estimate of drug-likeness (QED) is 0.133. The summed E-state index contributed by atoms with van der Waals surface area (Å²) in [6, 6.07) is 5.78. The van der Waals surface area contributed by atoms with Gasteiger partial charge in [0.25, 0.3) is 0 Å². The van der Waals surface area contributed by atoms with Gasteiger partial charge < -0.3 is 9.04 Å². The second-order valence-corrected chi connectivity index (χ2v) is 10.4. The minimum atomic E-state index is -4.27. The third-order valence-corrected chi connectivity index (χ3v) is 6.49. The maximum Gasteiger partial charge on any atom is 0.124 e. The Labute approximate surface area is 188 Å². The second-order valence-electron chi connectivity index (χ2n) is 8.22. The predicted octanol–water partition coefficient (Wildman–Crippen LogP) is 6.28. The maximum absolute atomic E-state index is 10.4. The van der Waals surface area contributed by atoms with Crippen LogP contribution in [0.3, 0.4) is 0 Å². The Morgan fingerprint density at radius 1 is 0.828 bits per heavy atom. The first-order valence-electron chi connectivity index (χ1n) is 11.1. The number of benzene rings is 1. The zero-order chi connectivity index (χ0) is 22.2. The molecule has 170 valence electrons. The highest BCUT2D eigenvalue weighted by Gasteiger charge is 2.19. The normalized spacial score (nSPS) is 13.4. The van der Waals surface area contributed by atoms with Crippen molar-refractivity contribution in [2.24, 2.45) is 0 Å². The number of halogens is 1. The van der Waals surface area contributed by atoms with E-state index in [1.807, 2.05) is 6.92 Å². The molecule has 1 rings (SSSR count). The molecule has 1 aromatic rings. The van der Waals surface area contributed by atoms with E-state index in [2.05, 4.69) is 36.8 Å². The fourth-order valence-corrected chi connectivity index (χ4v) is 4.59. The lowest BCUT2D eigenvalue weighted by Crippen LogP contribution is -2.46. The van der Waals surface area contributed by atoms with Gasteiger partial charge in [0.2, 0.25) is 0 Å². The van der Waals surface area contributed by atoms with Crippen LogP contribution in [0.4, 0.5) is 0 Å². The molecular formula is C23H42BrNO3S. The Hall–Kier alpha value is -0.430. The monoisotopic (exact) mass is 491 g/mol. The highest BCUT2D eigenvalue weighted by molar-refractivity contribution is 9.09. The van der Waals surface area contributed by atoms with Gasteiger partial charge in [-0.1, -0.05) is 79.6 Å². The third kappa shape index (κ3) is 15.1. The summed E-state index contributed by atoms with van der Waals surface area (Å²) in [6.07, 6.45) is 12.6. The molecule has 1 unspecified atom stereocenters. The molecule has 29 heavy (non-hydrogen) atoms. The molecule has 4 nitrogen and oxygen atoms in total. The number of nitrogens with zero attached hydrogens (tertiary/aromatic N) is 1. The lowest BCUT2D eigenvalue weighted by molar-refractivity contribution is -0.907. The average Bonchev–Trinajstić information content (AvgIpc) is 2.66. The zero-order valence-corrected chi connectivity index (χ0v) is 21.4. The molecule has 0 aliphatic rings. The van der Waals surface area contributed by atoms with Crippen LogP contribution in [-0.4, -0.2) is 49.5 Å². The predicted molar refractivity (Wildman–Crippen MR) is 127 cm³/mol. The Morgan fingerprint density at radius 2 is 1.28 bits per heavy atom. The minimum absolute atomic E-state index is 0.178. The van der Waals surface area contributed by atoms with E-state index in [0.717, 1.165) is 10.9 Å². The smallest absolute Gasteiger partial charge is 0.124 e. The first kappa shape index (κ1) is 28.6. The van der Waals surface area contributed by atoms with Crippen LogP contribution in [0.25, 0.3) is 0 Å². The molecule has 1 aromatic carbocycles. The maximum atomic E-state index is 10.4. The van der Waals surface area contributed by atoms with E-state index in [1.54, 1.807) is 12.1 Å². The van der Waals surface area contributed by atoms with E-state index < -0.39 is 10.1 Å². The van der Waals surface area contributed by atoms with Crippen LogP contribution >= 0.6 is 15.9 Å². The van der Waals surface area contributed by atoms with Gasteiger partial charge in [-0.2, -0.15) is 0 Å². The summed E-state index contributed by atoms with van der Waals surface area (Å²) in [6.45, 7) is 10.4. The topological polar surface area (TPSA) is 57.2 Å². The standard InChI is InChI=1S/C16H35BrN.C7H8O3S/c1-4-6-8-10-12-15-18(3,16-13-17)14-11-9-7-5-2;1-6-2-4-7(5-3-6)11(8,9)10/h4-16H2,1-3H3;2-5H,1H3,(H,8,9,10)/q+1;/p-1. The van der Waals surface area contributed by atoms with E-state index in [0.29, 0.717) is 0 Å². The van der Waals surface area contributed by atoms with Crippen LogP contribution in [0.5, 0.6) is 0 Å². The molecule has 1 atom stereocenters. The van der Waals surface area contributed by atoms with Gasteiger partial charge >= 0.3 is 0 Å². The third-order valence-electron chi connectivity index (χ3n) is 5.29. The number of unbranched alkanes of at least 4 members (excludes halogenated alkanes) is 7. The lowest BCUT2D eigenvalue weighted by atomic mass is 10.1. The summed E-state index contributed by atoms with van der Waals surface area (Å²) >= 11 is 3.63. The minimum Gasteiger partial charge on any atom is -0.744 e. The molecule has 0 saturated heterocycles. The molecular weight excluding hydrogens is 450 g/mol. The van der Waals surface area contributed by atoms with Gasteiger partial charge in [0, 0.05) is 0 Å². The van der Waals surface area contributed by atoms with Crippen LogP contribution in [0.1, 0.15) is 77.2 Å². The van der Waals surface area contributed by atoms with E-state index >= 15 is 0 Å². The Morgan fingerprint density at radius 3 is 1.69 bits per heavy atom. The number of quaternary nitrogens is 1. The van der Waals surface area contributed by atoms with Crippen molar-refractivity contribution >= 4 is 26.0 Å². The first-order valence-corrected chi connectivity index (χ1v) is 13.6. The molecule has 0 N–H and O–H groups in total. The molecule has 0 aliphatic carbocycles. The summed E-state index contributed by atoms with van der Waals surface area (Å²) in [4.78, 5) is -0.178. The van der Waals surface area contributed by atoms with Crippen molar-refractivity contribution in [1.82, 2.24) is 0 Å². The van der Waals surface area contributed by atoms with E-state index in [9.17, 15) is 13.0 Å². The van der Waals surface area contributed by atoms with Crippen LogP contribution in [0.2, 0.25) is 0 Å². The van der Waals surface area contributed by atoms with E-state index in [1.165, 1.54) is 94.0 Å². The summed E-state index contributed by atoms with van der Waals surface area (Å²) in [5.41, 5.74) is 0.928. The molecule has 0 fully saturated rings. The van der Waals surface area contributed by atoms with E-state index in [-0.39, 0.29) is 4.90 Å². The Kier molecular flexibility index (Phi) is 16.0. The second kappa shape index (κ2) is 16.3. The van der Waals surface area contributed by atoms with Gasteiger partial charge in [-0.25, -0.2) is 8.42 Å². The van der Waals surface area contributed by atoms with Crippen molar-refractivity contribution in [3.63, 3.8) is 0 Å². The SMILES string of the molecule is CCCCCCC[N+](C)(CCBr)CCCCCC.Cc1ccc(S(=O)(=O)[O-])cc1. The summed E-state index contributed by atoms with van der Waals surface area (Å²) in [7, 11) is -1.82. The average molecular weight is 493 g/mol. The molecule has 0 amide bonds. The van der Waals surface area contributed by atoms with Crippen LogP contribution in [0, 0.1) is 6.92 Å². The van der Waals surface area contributed by atoms with Crippen molar-refractivity contribution in [2.45, 2.75) is 83.5 Å². The van der Waals surface area contributed by atoms with Gasteiger partial charge in [-0.05, 0) is 44.7 Å². The summed E-state index contributed by atoms with van der Waals surface area (Å²) in [5.74, 6) is 0. The molecule has 0 spiro atoms. The van der Waals surface area contributed by atoms with Crippen LogP contribution in [0.15, 0.2) is 29.2 Å². The number of hydrogen-bond acceptors (Lipinski definition) is 3. The van der Waals surface area contributed by atoms with Crippen LogP contribution in [-0.2, 0) is 10.1 Å². The van der Waals surface area contributed by atoms with Crippen molar-refractivity contribution in [3.05, 3.63) is 29.8 Å². The zero-order valence-electron chi connectivity index (χ0n) is 19.0. The van der Waals surface area contributed by atoms with E-state index in [4.69, 9.17) is 0 Å². The van der Waals surface area contributed by atoms with Gasteiger partial charge in [0.1, 0.15) is 10.1 Å². The number of aryl methyl sites for hydroxylation is 1. The molecule has 0 aromatic heterocycles. The van der Waals surface area contributed by atoms with Gasteiger partial charge in [-0.15, -0.1) is 0 Å². The van der Waals surface area contributed by atoms with Crippen molar-refractivity contribution in [2.75, 3.05) is 32.0 Å². The fourth-order valence-electron chi connectivity index (χ4n) is 3.26.